The third-order valence-electron chi connectivity index (χ3n) is 8.70. The van der Waals surface area contributed by atoms with E-state index in [0.29, 0.717) is 6.42 Å². The molecule has 1 aliphatic carbocycles. The zero-order valence-electron chi connectivity index (χ0n) is 24.3. The van der Waals surface area contributed by atoms with Crippen LogP contribution in [-0.4, -0.2) is 48.8 Å². The van der Waals surface area contributed by atoms with Crippen LogP contribution in [0, 0.1) is 0 Å². The number of hydrogen-bond donors (Lipinski definition) is 1. The van der Waals surface area contributed by atoms with E-state index in [1.54, 1.807) is 12.1 Å². The lowest BCUT2D eigenvalue weighted by molar-refractivity contribution is -0.0788. The topological polar surface area (TPSA) is 50.8 Å². The number of carbonyl (C=O) groups excluding carboxylic acids is 1. The van der Waals surface area contributed by atoms with Crippen LogP contribution < -0.4 is 10.1 Å². The quantitative estimate of drug-likeness (QED) is 0.302. The van der Waals surface area contributed by atoms with Crippen molar-refractivity contribution in [3.05, 3.63) is 94.0 Å². The van der Waals surface area contributed by atoms with E-state index in [1.165, 1.54) is 22.4 Å². The van der Waals surface area contributed by atoms with Crippen molar-refractivity contribution in [2.24, 2.45) is 0 Å². The predicted octanol–water partition coefficient (Wildman–Crippen LogP) is 7.58. The fourth-order valence-electron chi connectivity index (χ4n) is 6.78. The Morgan fingerprint density at radius 3 is 2.62 bits per heavy atom. The van der Waals surface area contributed by atoms with Gasteiger partial charge in [0, 0.05) is 35.4 Å². The highest BCUT2D eigenvalue weighted by atomic mass is 19.3. The molecule has 0 radical (unpaired) electrons. The number of nitrogens with zero attached hydrogens (tertiary/aromatic N) is 1. The summed E-state index contributed by atoms with van der Waals surface area (Å²) in [5.74, 6) is -0.155. The molecule has 1 atom stereocenters. The second-order valence-corrected chi connectivity index (χ2v) is 12.4. The van der Waals surface area contributed by atoms with Crippen molar-refractivity contribution in [2.75, 3.05) is 31.6 Å². The van der Waals surface area contributed by atoms with Crippen LogP contribution >= 0.6 is 0 Å². The Bertz CT molecular complexity index is 1500. The van der Waals surface area contributed by atoms with Crippen LogP contribution in [0.3, 0.4) is 0 Å². The number of alkyl halides is 1. The summed E-state index contributed by atoms with van der Waals surface area (Å²) in [6.45, 7) is 6.67. The average Bonchev–Trinajstić information content (AvgIpc) is 3.50. The molecule has 0 unspecified atom stereocenters. The maximum absolute atomic E-state index is 12.7. The number of carbonyl (C=O) groups is 1. The van der Waals surface area contributed by atoms with Gasteiger partial charge in [-0.25, -0.2) is 9.74 Å². The molecule has 7 heteroatoms. The monoisotopic (exact) mass is 572 g/mol. The third-order valence-corrected chi connectivity index (χ3v) is 8.70. The fraction of sp³-hybridized carbons (Fsp3) is 0.400. The van der Waals surface area contributed by atoms with Crippen molar-refractivity contribution >= 4 is 22.8 Å². The first-order valence-electron chi connectivity index (χ1n) is 15.0. The van der Waals surface area contributed by atoms with E-state index < -0.39 is 5.97 Å². The molecule has 2 aliphatic heterocycles. The summed E-state index contributed by atoms with van der Waals surface area (Å²) in [5, 5.41) is 3.62. The van der Waals surface area contributed by atoms with E-state index in [-0.39, 0.29) is 23.9 Å². The van der Waals surface area contributed by atoms with Gasteiger partial charge in [-0.2, -0.15) is 0 Å². The van der Waals surface area contributed by atoms with Crippen LogP contribution in [0.5, 0.6) is 5.75 Å². The molecule has 1 N–H and O–H groups in total. The van der Waals surface area contributed by atoms with Gasteiger partial charge >= 0.3 is 5.97 Å². The van der Waals surface area contributed by atoms with Crippen molar-refractivity contribution in [1.29, 1.82) is 0 Å². The molecule has 0 amide bonds. The number of halogens is 2. The molecule has 5 nitrogen and oxygen atoms in total. The zero-order chi connectivity index (χ0) is 29.3. The van der Waals surface area contributed by atoms with Gasteiger partial charge in [0.25, 0.3) is 0 Å². The van der Waals surface area contributed by atoms with Gasteiger partial charge in [0.1, 0.15) is 11.9 Å². The van der Waals surface area contributed by atoms with Crippen molar-refractivity contribution in [3.8, 4) is 5.75 Å². The number of likely N-dealkylation sites (tertiary alicyclic amines) is 1. The Labute approximate surface area is 246 Å². The largest absolute Gasteiger partial charge is 0.489 e. The second kappa shape index (κ2) is 11.9. The first-order valence-corrected chi connectivity index (χ1v) is 15.0. The molecule has 6 rings (SSSR count). The Morgan fingerprint density at radius 2 is 1.83 bits per heavy atom. The molecular weight excluding hydrogens is 534 g/mol. The summed E-state index contributed by atoms with van der Waals surface area (Å²) >= 11 is 0. The lowest BCUT2D eigenvalue weighted by atomic mass is 9.86. The molecule has 0 spiro atoms. The molecule has 42 heavy (non-hydrogen) atoms. The van der Waals surface area contributed by atoms with Crippen LogP contribution in [0.4, 0.5) is 14.6 Å². The van der Waals surface area contributed by atoms with E-state index >= 15 is 0 Å². The number of allylic oxidation sites excluding steroid dienone is 1. The molecule has 3 aromatic rings. The fourth-order valence-corrected chi connectivity index (χ4v) is 6.78. The summed E-state index contributed by atoms with van der Waals surface area (Å²) in [4.78, 5) is 17.8. The number of ether oxygens (including phenoxy) is 1. The normalized spacial score (nSPS) is 19.6. The van der Waals surface area contributed by atoms with Crippen LogP contribution in [0.1, 0.15) is 77.7 Å². The standard InChI is InChI=1S/C35H38F2N2O3/c1-35(2)21-27-20-25(10-14-32(27)38-35)30-6-3-5-24-19-26(34(40)42-37)9-13-31(24)33(30)23-7-11-28(12-8-23)41-29-15-18-39(22-29)17-4-16-36/h7-14,19-20,29,38H,3-6,15-18,21-22H2,1-2H3/t29-/m0/s1. The summed E-state index contributed by atoms with van der Waals surface area (Å²) in [5.41, 5.74) is 9.44. The van der Waals surface area contributed by atoms with Gasteiger partial charge in [-0.3, -0.25) is 9.29 Å². The number of hydrogen-bond acceptors (Lipinski definition) is 5. The first-order chi connectivity index (χ1) is 20.3. The van der Waals surface area contributed by atoms with E-state index in [4.69, 9.17) is 4.74 Å². The minimum atomic E-state index is -0.974. The van der Waals surface area contributed by atoms with E-state index in [0.717, 1.165) is 79.8 Å². The Morgan fingerprint density at radius 1 is 1.02 bits per heavy atom. The lowest BCUT2D eigenvalue weighted by Gasteiger charge is -2.19. The first kappa shape index (κ1) is 28.4. The molecule has 0 bridgehead atoms. The highest BCUT2D eigenvalue weighted by Gasteiger charge is 2.29. The lowest BCUT2D eigenvalue weighted by Crippen LogP contribution is -2.26. The summed E-state index contributed by atoms with van der Waals surface area (Å²) in [6, 6.07) is 20.3. The highest BCUT2D eigenvalue weighted by Crippen LogP contribution is 2.42. The maximum Gasteiger partial charge on any atom is 0.379 e. The van der Waals surface area contributed by atoms with E-state index in [2.05, 4.69) is 59.3 Å². The van der Waals surface area contributed by atoms with Crippen molar-refractivity contribution < 1.29 is 23.4 Å². The van der Waals surface area contributed by atoms with Crippen molar-refractivity contribution in [3.63, 3.8) is 0 Å². The molecule has 1 saturated heterocycles. The molecule has 3 aliphatic rings. The van der Waals surface area contributed by atoms with Gasteiger partial charge in [0.15, 0.2) is 0 Å². The van der Waals surface area contributed by atoms with Gasteiger partial charge in [-0.15, -0.1) is 0 Å². The van der Waals surface area contributed by atoms with Gasteiger partial charge in [0.05, 0.1) is 12.2 Å². The van der Waals surface area contributed by atoms with Gasteiger partial charge < -0.3 is 10.1 Å². The SMILES string of the molecule is CC1(C)Cc2cc(C3=C(c4ccc(O[C@H]5CCN(CCCF)C5)cc4)c4ccc(C(=O)OF)cc4CCC3)ccc2N1. The number of anilines is 1. The van der Waals surface area contributed by atoms with Crippen LogP contribution in [0.25, 0.3) is 11.1 Å². The summed E-state index contributed by atoms with van der Waals surface area (Å²) < 4.78 is 31.6. The number of benzene rings is 3. The van der Waals surface area contributed by atoms with Crippen molar-refractivity contribution in [1.82, 2.24) is 4.90 Å². The van der Waals surface area contributed by atoms with Gasteiger partial charge in [-0.1, -0.05) is 24.3 Å². The average molecular weight is 573 g/mol. The number of aryl methyl sites for hydroxylation is 1. The highest BCUT2D eigenvalue weighted by molar-refractivity contribution is 6.01. The Balaban J connectivity index is 1.36. The van der Waals surface area contributed by atoms with E-state index in [1.807, 2.05) is 18.2 Å². The zero-order valence-corrected chi connectivity index (χ0v) is 24.3. The van der Waals surface area contributed by atoms with Gasteiger partial charge in [-0.05, 0) is 128 Å². The Kier molecular flexibility index (Phi) is 8.04. The third kappa shape index (κ3) is 5.93. The minimum absolute atomic E-state index is 0.0229. The minimum Gasteiger partial charge on any atom is -0.489 e. The Hall–Kier alpha value is -3.71. The van der Waals surface area contributed by atoms with E-state index in [9.17, 15) is 13.7 Å². The second-order valence-electron chi connectivity index (χ2n) is 12.4. The molecule has 0 saturated carbocycles. The predicted molar refractivity (Wildman–Crippen MR) is 162 cm³/mol. The molecule has 3 aromatic carbocycles. The summed E-state index contributed by atoms with van der Waals surface area (Å²) in [7, 11) is 0. The number of nitrogens with one attached hydrogen (secondary N) is 1. The molecule has 1 fully saturated rings. The number of rotatable bonds is 8. The summed E-state index contributed by atoms with van der Waals surface area (Å²) in [6.07, 6.45) is 5.11. The van der Waals surface area contributed by atoms with Crippen LogP contribution in [-0.2, 0) is 17.8 Å². The van der Waals surface area contributed by atoms with Crippen molar-refractivity contribution in [2.45, 2.75) is 64.0 Å². The molecule has 2 heterocycles. The molecule has 220 valence electrons. The van der Waals surface area contributed by atoms with Crippen LogP contribution in [0.15, 0.2) is 60.7 Å². The maximum atomic E-state index is 12.7. The molecule has 0 aromatic heterocycles. The smallest absolute Gasteiger partial charge is 0.379 e. The van der Waals surface area contributed by atoms with Crippen LogP contribution in [0.2, 0.25) is 0 Å². The van der Waals surface area contributed by atoms with Gasteiger partial charge in [0.2, 0.25) is 0 Å². The molecular formula is C35H38F2N2O3. The number of fused-ring (bicyclic) bond motifs is 2.